The fourth-order valence-corrected chi connectivity index (χ4v) is 4.81. The third-order valence-corrected chi connectivity index (χ3v) is 5.77. The Kier molecular flexibility index (Phi) is 3.63. The Morgan fingerprint density at radius 3 is 2.43 bits per heavy atom. The third-order valence-electron chi connectivity index (χ3n) is 5.77. The molecule has 4 nitrogen and oxygen atoms in total. The first-order valence-corrected chi connectivity index (χ1v) is 9.46. The summed E-state index contributed by atoms with van der Waals surface area (Å²) in [5.41, 5.74) is 3.04. The smallest absolute Gasteiger partial charge is 0.316 e. The standard InChI is InChI=1S/C24H19NO3/c1-2-28-23(27)21-18-13-7-9-15-20(18)25-22(26)17-12-6-8-14-19(17)24(21,25)16-10-4-3-5-11-16/h3-15,21H,2H2,1H3/t21-,24+/m0/s1. The first-order chi connectivity index (χ1) is 13.7. The summed E-state index contributed by atoms with van der Waals surface area (Å²) in [6.07, 6.45) is 0. The third kappa shape index (κ3) is 1.95. The Hall–Kier alpha value is -3.40. The maximum atomic E-state index is 13.5. The summed E-state index contributed by atoms with van der Waals surface area (Å²) in [7, 11) is 0. The van der Waals surface area contributed by atoms with Gasteiger partial charge in [-0.3, -0.25) is 14.5 Å². The minimum Gasteiger partial charge on any atom is -0.465 e. The molecule has 4 heteroatoms. The van der Waals surface area contributed by atoms with Gasteiger partial charge < -0.3 is 4.74 Å². The van der Waals surface area contributed by atoms with Crippen LogP contribution in [-0.4, -0.2) is 18.5 Å². The molecule has 0 unspecified atom stereocenters. The molecule has 138 valence electrons. The van der Waals surface area contributed by atoms with Gasteiger partial charge in [0.2, 0.25) is 0 Å². The molecule has 0 N–H and O–H groups in total. The summed E-state index contributed by atoms with van der Waals surface area (Å²) in [5.74, 6) is -1.02. The second kappa shape index (κ2) is 6.06. The number of rotatable bonds is 3. The lowest BCUT2D eigenvalue weighted by Crippen LogP contribution is -2.47. The number of anilines is 1. The molecule has 0 saturated heterocycles. The number of hydrogen-bond acceptors (Lipinski definition) is 3. The van der Waals surface area contributed by atoms with E-state index in [4.69, 9.17) is 4.74 Å². The van der Waals surface area contributed by atoms with Crippen molar-refractivity contribution >= 4 is 17.6 Å². The normalized spacial score (nSPS) is 21.8. The van der Waals surface area contributed by atoms with Crippen LogP contribution in [0.4, 0.5) is 5.69 Å². The Labute approximate surface area is 163 Å². The summed E-state index contributed by atoms with van der Waals surface area (Å²) in [5, 5.41) is 0. The molecule has 1 amide bonds. The van der Waals surface area contributed by atoms with Crippen LogP contribution >= 0.6 is 0 Å². The number of esters is 1. The highest BCUT2D eigenvalue weighted by molar-refractivity contribution is 6.16. The van der Waals surface area contributed by atoms with Crippen LogP contribution in [0.1, 0.15) is 39.9 Å². The Morgan fingerprint density at radius 2 is 1.64 bits per heavy atom. The largest absolute Gasteiger partial charge is 0.465 e. The zero-order valence-corrected chi connectivity index (χ0v) is 15.5. The van der Waals surface area contributed by atoms with Crippen molar-refractivity contribution in [3.8, 4) is 0 Å². The van der Waals surface area contributed by atoms with Gasteiger partial charge in [-0.15, -0.1) is 0 Å². The predicted octanol–water partition coefficient (Wildman–Crippen LogP) is 4.25. The van der Waals surface area contributed by atoms with Crippen LogP contribution in [0.25, 0.3) is 0 Å². The van der Waals surface area contributed by atoms with Gasteiger partial charge in [-0.05, 0) is 35.7 Å². The number of para-hydroxylation sites is 1. The molecule has 2 aliphatic rings. The topological polar surface area (TPSA) is 46.6 Å². The molecule has 28 heavy (non-hydrogen) atoms. The van der Waals surface area contributed by atoms with E-state index in [9.17, 15) is 9.59 Å². The van der Waals surface area contributed by atoms with E-state index < -0.39 is 11.5 Å². The fourth-order valence-electron chi connectivity index (χ4n) is 4.81. The highest BCUT2D eigenvalue weighted by Gasteiger charge is 2.64. The molecular weight excluding hydrogens is 350 g/mol. The second-order valence-corrected chi connectivity index (χ2v) is 7.06. The van der Waals surface area contributed by atoms with E-state index in [1.807, 2.05) is 78.9 Å². The molecule has 2 atom stereocenters. The molecule has 0 fully saturated rings. The van der Waals surface area contributed by atoms with Gasteiger partial charge in [0.05, 0.1) is 6.61 Å². The Balaban J connectivity index is 1.90. The second-order valence-electron chi connectivity index (χ2n) is 7.06. The predicted molar refractivity (Wildman–Crippen MR) is 106 cm³/mol. The van der Waals surface area contributed by atoms with Gasteiger partial charge in [0.25, 0.3) is 5.91 Å². The van der Waals surface area contributed by atoms with Crippen molar-refractivity contribution in [2.45, 2.75) is 18.4 Å². The minimum absolute atomic E-state index is 0.0845. The molecule has 0 radical (unpaired) electrons. The number of carbonyl (C=O) groups excluding carboxylic acids is 2. The van der Waals surface area contributed by atoms with Crippen molar-refractivity contribution in [3.05, 3.63) is 101 Å². The lowest BCUT2D eigenvalue weighted by atomic mass is 9.72. The molecule has 2 aliphatic heterocycles. The van der Waals surface area contributed by atoms with E-state index in [1.54, 1.807) is 11.8 Å². The van der Waals surface area contributed by atoms with Crippen molar-refractivity contribution in [1.82, 2.24) is 0 Å². The van der Waals surface area contributed by atoms with Gasteiger partial charge in [0.15, 0.2) is 0 Å². The van der Waals surface area contributed by atoms with Gasteiger partial charge in [0.1, 0.15) is 11.5 Å². The van der Waals surface area contributed by atoms with Crippen molar-refractivity contribution in [2.24, 2.45) is 0 Å². The summed E-state index contributed by atoms with van der Waals surface area (Å²) in [6, 6.07) is 25.0. The van der Waals surface area contributed by atoms with Crippen LogP contribution in [0.2, 0.25) is 0 Å². The summed E-state index contributed by atoms with van der Waals surface area (Å²) in [4.78, 5) is 28.6. The molecule has 3 aromatic rings. The molecule has 5 rings (SSSR count). The minimum atomic E-state index is -0.940. The molecule has 0 aromatic heterocycles. The highest BCUT2D eigenvalue weighted by atomic mass is 16.5. The van der Waals surface area contributed by atoms with E-state index in [1.165, 1.54) is 0 Å². The summed E-state index contributed by atoms with van der Waals surface area (Å²) >= 11 is 0. The zero-order chi connectivity index (χ0) is 19.3. The van der Waals surface area contributed by atoms with Gasteiger partial charge in [-0.1, -0.05) is 66.7 Å². The van der Waals surface area contributed by atoms with E-state index in [0.717, 1.165) is 22.4 Å². The maximum Gasteiger partial charge on any atom is 0.316 e. The average Bonchev–Trinajstić information content (AvgIpc) is 3.18. The Morgan fingerprint density at radius 1 is 0.964 bits per heavy atom. The van der Waals surface area contributed by atoms with E-state index in [2.05, 4.69) is 0 Å². The molecule has 0 spiro atoms. The van der Waals surface area contributed by atoms with Crippen molar-refractivity contribution in [1.29, 1.82) is 0 Å². The quantitative estimate of drug-likeness (QED) is 0.649. The number of benzene rings is 3. The van der Waals surface area contributed by atoms with Crippen LogP contribution in [0.3, 0.4) is 0 Å². The summed E-state index contributed by atoms with van der Waals surface area (Å²) in [6.45, 7) is 2.09. The number of ether oxygens (including phenoxy) is 1. The van der Waals surface area contributed by atoms with Crippen molar-refractivity contribution < 1.29 is 14.3 Å². The van der Waals surface area contributed by atoms with Crippen LogP contribution in [-0.2, 0) is 15.1 Å². The lowest BCUT2D eigenvalue weighted by Gasteiger charge is -2.37. The van der Waals surface area contributed by atoms with Crippen LogP contribution in [0, 0.1) is 0 Å². The molecule has 3 aromatic carbocycles. The SMILES string of the molecule is CCOC(=O)[C@@H]1c2ccccc2N2C(=O)c3ccccc3[C@]12c1ccccc1. The van der Waals surface area contributed by atoms with Gasteiger partial charge in [-0.25, -0.2) is 0 Å². The monoisotopic (exact) mass is 369 g/mol. The first-order valence-electron chi connectivity index (χ1n) is 9.46. The van der Waals surface area contributed by atoms with Crippen LogP contribution in [0.15, 0.2) is 78.9 Å². The number of nitrogens with zero attached hydrogens (tertiary/aromatic N) is 1. The number of fused-ring (bicyclic) bond motifs is 5. The number of amides is 1. The van der Waals surface area contributed by atoms with Crippen molar-refractivity contribution in [2.75, 3.05) is 11.5 Å². The highest BCUT2D eigenvalue weighted by Crippen LogP contribution is 2.61. The molecule has 0 bridgehead atoms. The lowest BCUT2D eigenvalue weighted by molar-refractivity contribution is -0.146. The summed E-state index contributed by atoms with van der Waals surface area (Å²) < 4.78 is 5.51. The first kappa shape index (κ1) is 16.8. The molecule has 0 aliphatic carbocycles. The maximum absolute atomic E-state index is 13.5. The number of carbonyl (C=O) groups is 2. The van der Waals surface area contributed by atoms with Crippen LogP contribution < -0.4 is 4.90 Å². The number of hydrogen-bond donors (Lipinski definition) is 0. The molecule has 0 saturated carbocycles. The van der Waals surface area contributed by atoms with E-state index in [-0.39, 0.29) is 18.5 Å². The van der Waals surface area contributed by atoms with E-state index >= 15 is 0 Å². The molecular formula is C24H19NO3. The van der Waals surface area contributed by atoms with Gasteiger partial charge >= 0.3 is 5.97 Å². The van der Waals surface area contributed by atoms with Crippen LogP contribution in [0.5, 0.6) is 0 Å². The fraction of sp³-hybridized carbons (Fsp3) is 0.167. The molecule has 2 heterocycles. The van der Waals surface area contributed by atoms with Gasteiger partial charge in [0, 0.05) is 11.3 Å². The van der Waals surface area contributed by atoms with Crippen molar-refractivity contribution in [3.63, 3.8) is 0 Å². The average molecular weight is 369 g/mol. The van der Waals surface area contributed by atoms with Gasteiger partial charge in [-0.2, -0.15) is 0 Å². The van der Waals surface area contributed by atoms with E-state index in [0.29, 0.717) is 5.56 Å². The Bertz CT molecular complexity index is 1090. The zero-order valence-electron chi connectivity index (χ0n) is 15.5.